The van der Waals surface area contributed by atoms with E-state index in [-0.39, 0.29) is 22.8 Å². The molecule has 0 bridgehead atoms. The number of hydrogen-bond acceptors (Lipinski definition) is 18. The fourth-order valence-electron chi connectivity index (χ4n) is 14.5. The number of ether oxygens (including phenoxy) is 2. The van der Waals surface area contributed by atoms with Gasteiger partial charge in [0.25, 0.3) is 0 Å². The Morgan fingerprint density at radius 3 is 1.13 bits per heavy atom. The van der Waals surface area contributed by atoms with Crippen LogP contribution in [0.15, 0.2) is 328 Å². The number of aryl methyl sites for hydroxylation is 15. The fourth-order valence-corrected chi connectivity index (χ4v) is 20.0. The molecule has 12 nitrogen and oxygen atoms in total. The minimum Gasteiger partial charge on any atom is -0.370 e. The largest absolute Gasteiger partial charge is 0.370 e. The maximum Gasteiger partial charge on any atom is 0.178 e. The summed E-state index contributed by atoms with van der Waals surface area (Å²) in [4.78, 5) is 63.0. The van der Waals surface area contributed by atoms with Crippen molar-refractivity contribution in [3.8, 4) is 0 Å². The van der Waals surface area contributed by atoms with Crippen molar-refractivity contribution in [1.29, 1.82) is 0 Å². The summed E-state index contributed by atoms with van der Waals surface area (Å²) in [7, 11) is 0. The van der Waals surface area contributed by atoms with Gasteiger partial charge in [0.15, 0.2) is 5.78 Å². The van der Waals surface area contributed by atoms with Crippen LogP contribution in [0.5, 0.6) is 0 Å². The summed E-state index contributed by atoms with van der Waals surface area (Å²) in [6, 6.07) is 94.3. The van der Waals surface area contributed by atoms with Crippen molar-refractivity contribution in [3.05, 3.63) is 429 Å². The van der Waals surface area contributed by atoms with Gasteiger partial charge in [-0.2, -0.15) is 0 Å². The average Bonchev–Trinajstić information content (AvgIpc) is 1.41. The van der Waals surface area contributed by atoms with Gasteiger partial charge in [-0.1, -0.05) is 181 Å². The van der Waals surface area contributed by atoms with Gasteiger partial charge in [-0.3, -0.25) is 44.7 Å². The molecule has 15 aromatic rings. The number of benzene rings is 9. The number of para-hydroxylation sites is 1. The quantitative estimate of drug-likeness (QED) is 0.0273. The molecule has 0 aliphatic carbocycles. The molecule has 19 heteroatoms. The summed E-state index contributed by atoms with van der Waals surface area (Å²) < 4.78 is 24.7. The Balaban J connectivity index is 0.000000172. The van der Waals surface area contributed by atoms with Gasteiger partial charge in [0.05, 0.1) is 105 Å². The maximum atomic E-state index is 13.3. The molecule has 9 aromatic carbocycles. The van der Waals surface area contributed by atoms with Gasteiger partial charge in [0.2, 0.25) is 0 Å². The second-order valence-electron chi connectivity index (χ2n) is 35.9. The molecule has 0 amide bonds. The predicted molar refractivity (Wildman–Crippen MR) is 590 cm³/mol. The number of aromatic nitrogens is 5. The van der Waals surface area contributed by atoms with E-state index in [1.165, 1.54) is 110 Å². The van der Waals surface area contributed by atoms with Gasteiger partial charge in [-0.05, 0) is 340 Å². The summed E-state index contributed by atoms with van der Waals surface area (Å²) in [5, 5.41) is 0. The van der Waals surface area contributed by atoms with Crippen LogP contribution in [0.4, 0.5) is 27.1 Å². The van der Waals surface area contributed by atoms with E-state index in [0.29, 0.717) is 30.3 Å². The number of nitrogens with zero attached hydrogens (tertiary/aromatic N) is 9. The third-order valence-corrected chi connectivity index (χ3v) is 28.4. The van der Waals surface area contributed by atoms with Crippen molar-refractivity contribution in [2.45, 2.75) is 236 Å². The molecule has 138 heavy (non-hydrogen) atoms. The van der Waals surface area contributed by atoms with Crippen molar-refractivity contribution in [1.82, 2.24) is 24.9 Å². The van der Waals surface area contributed by atoms with Gasteiger partial charge in [-0.25, -0.2) is 9.37 Å². The summed E-state index contributed by atoms with van der Waals surface area (Å²) in [6.45, 7) is 48.0. The van der Waals surface area contributed by atoms with Gasteiger partial charge in [-0.15, -0.1) is 58.4 Å². The lowest BCUT2D eigenvalue weighted by Crippen LogP contribution is -2.20. The second-order valence-corrected chi connectivity index (χ2v) is 42.2. The van der Waals surface area contributed by atoms with Gasteiger partial charge in [0, 0.05) is 87.2 Å². The Labute approximate surface area is 845 Å². The molecule has 0 radical (unpaired) electrons. The highest BCUT2D eigenvalue weighted by Gasteiger charge is 2.17. The van der Waals surface area contributed by atoms with E-state index in [2.05, 4.69) is 296 Å². The molecule has 0 atom stereocenters. The lowest BCUT2D eigenvalue weighted by molar-refractivity contribution is -0.0202. The number of aliphatic imine (C=N–C) groups is 4. The minimum atomic E-state index is -0.265. The Kier molecular flexibility index (Phi) is 42.5. The van der Waals surface area contributed by atoms with Crippen LogP contribution in [0.1, 0.15) is 205 Å². The maximum absolute atomic E-state index is 13.3. The molecule has 6 heterocycles. The molecule has 0 saturated heterocycles. The van der Waals surface area contributed by atoms with Crippen molar-refractivity contribution in [2.75, 3.05) is 0 Å². The van der Waals surface area contributed by atoms with E-state index in [0.717, 1.165) is 117 Å². The smallest absolute Gasteiger partial charge is 0.178 e. The minimum absolute atomic E-state index is 0.0845. The van der Waals surface area contributed by atoms with Gasteiger partial charge >= 0.3 is 0 Å². The van der Waals surface area contributed by atoms with Crippen molar-refractivity contribution < 1.29 is 18.7 Å². The molecule has 0 aliphatic heterocycles. The number of thioether (sulfide) groups is 4. The highest BCUT2D eigenvalue weighted by atomic mass is 32.2. The molecule has 0 N–H and O–H groups in total. The zero-order valence-corrected chi connectivity index (χ0v) is 89.0. The SMILES string of the molecule is CC(=O)c1cccc(C(C)=Nc2c(C)cc(F)cc2C)n1.CC(C)(C)OCc1cccc(COC(C)(C)C)n1.Cc1cc(C)c(N=Cc2ccc(C=Nc3c(C)cc(C)cc3C)s2)c(C)c1.Cc1cccc(C)c1SCc1cccc(CSc2c(C)cccc2C)n1.Cc1cccc(C=Nc2ccccc2Sc2c(C)cccc2C)n1.c1ccc(SCc2cccc(CSc3ccccc3)n2)cc1. The summed E-state index contributed by atoms with van der Waals surface area (Å²) >= 11 is 10.9. The zero-order chi connectivity index (χ0) is 99.4. The zero-order valence-electron chi connectivity index (χ0n) is 84.1. The molecule has 0 aliphatic rings. The Morgan fingerprint density at radius 2 is 0.710 bits per heavy atom. The van der Waals surface area contributed by atoms with Crippen LogP contribution < -0.4 is 0 Å². The number of carbonyl (C=O) groups excluding carboxylic acids is 1. The van der Waals surface area contributed by atoms with E-state index in [1.54, 1.807) is 41.3 Å². The number of thiophene rings is 1. The highest BCUT2D eigenvalue weighted by molar-refractivity contribution is 8.00. The Morgan fingerprint density at radius 1 is 0.348 bits per heavy atom. The topological polar surface area (TPSA) is 149 Å². The van der Waals surface area contributed by atoms with Gasteiger partial charge < -0.3 is 9.47 Å². The van der Waals surface area contributed by atoms with Gasteiger partial charge in [0.1, 0.15) is 11.5 Å². The van der Waals surface area contributed by atoms with Crippen molar-refractivity contribution in [2.24, 2.45) is 20.0 Å². The van der Waals surface area contributed by atoms with E-state index in [1.807, 2.05) is 196 Å². The van der Waals surface area contributed by atoms with E-state index in [4.69, 9.17) is 29.4 Å². The molecule has 0 saturated carbocycles. The van der Waals surface area contributed by atoms with Crippen LogP contribution in [0.25, 0.3) is 0 Å². The summed E-state index contributed by atoms with van der Waals surface area (Å²) in [5.41, 5.74) is 30.6. The van der Waals surface area contributed by atoms with Crippen LogP contribution in [0, 0.1) is 110 Å². The second kappa shape index (κ2) is 54.1. The van der Waals surface area contributed by atoms with Crippen LogP contribution in [-0.2, 0) is 45.7 Å². The highest BCUT2D eigenvalue weighted by Crippen LogP contribution is 2.40. The monoisotopic (exact) mass is 1940 g/mol. The van der Waals surface area contributed by atoms with Crippen LogP contribution in [-0.4, -0.2) is 66.3 Å². The predicted octanol–water partition coefficient (Wildman–Crippen LogP) is 33.5. The lowest BCUT2D eigenvalue weighted by atomic mass is 10.1. The molecule has 15 rings (SSSR count). The first-order valence-electron chi connectivity index (χ1n) is 46.3. The summed E-state index contributed by atoms with van der Waals surface area (Å²) in [5.74, 6) is 3.29. The standard InChI is InChI=1S/C24H26N2S.C23H25NS2.C21H20N2S.C19H17NS2.C17H17FN2O.C15H25NO2/c1-15-9-17(3)23(18(4)10-15)25-13-21-7-8-22(27-21)14-26-24-19(5)11-16(2)12-20(24)6;1-16-8-5-9-17(2)22(16)25-14-20-12-7-13-21(24-20)15-26-23-18(3)10-6-11-19(23)4;1-15-8-6-9-16(2)21(15)24-20-13-5-4-12-19(20)22-14-18-11-7-10-17(3)23-18;1-3-10-18(11-4-1)21-14-16-8-7-9-17(20-16)15-22-19-12-5-2-6-13-19;1-10-8-14(18)9-11(2)17(10)19-12(3)15-6-5-7-16(20-15)13(4)21;1-14(2,3)17-10-12-8-7-9-13(16-12)11-18-15(4,5)6/h7-14H,1-6H3;5-13H,14-15H2,1-4H3;4-14H,1-3H3;1-13H,14-15H2;5-9H,1-4H3;7-9H,10-11H2,1-6H3. The van der Waals surface area contributed by atoms with E-state index < -0.39 is 0 Å². The number of carbonyl (C=O) groups is 1. The van der Waals surface area contributed by atoms with E-state index in [9.17, 15) is 9.18 Å². The first-order chi connectivity index (χ1) is 65.9. The first-order valence-corrected chi connectivity index (χ1v) is 51.8. The molecular formula is C119H130FN9O3S6. The molecule has 0 fully saturated rings. The number of pyridine rings is 5. The lowest BCUT2D eigenvalue weighted by Gasteiger charge is -2.20. The molecule has 6 aromatic heterocycles. The van der Waals surface area contributed by atoms with Crippen molar-refractivity contribution in [3.63, 3.8) is 0 Å². The molecule has 712 valence electrons. The van der Waals surface area contributed by atoms with Crippen LogP contribution in [0.2, 0.25) is 0 Å². The summed E-state index contributed by atoms with van der Waals surface area (Å²) in [6.07, 6.45) is 5.74. The first kappa shape index (κ1) is 108. The number of ketones is 1. The third kappa shape index (κ3) is 36.6. The number of halogens is 1. The third-order valence-electron chi connectivity index (χ3n) is 21.2. The van der Waals surface area contributed by atoms with Crippen molar-refractivity contribution >= 4 is 123 Å². The Hall–Kier alpha value is -11.6. The average molecular weight is 1950 g/mol. The number of Topliss-reactive ketones (excluding diaryl/α,β-unsaturated/α-hetero) is 1. The fraction of sp³-hybridized carbons (Fsp3) is 0.261. The molecule has 0 unspecified atom stereocenters. The normalized spacial score (nSPS) is 11.4. The Bertz CT molecular complexity index is 6300. The van der Waals surface area contributed by atoms with Crippen LogP contribution >= 0.6 is 70.1 Å². The number of hydrogen-bond donors (Lipinski definition) is 0. The molecule has 0 spiro atoms. The van der Waals surface area contributed by atoms with Crippen LogP contribution in [0.3, 0.4) is 0 Å². The molecular weight excluding hydrogens is 1810 g/mol. The van der Waals surface area contributed by atoms with E-state index >= 15 is 0 Å². The number of rotatable bonds is 27.